The molecule has 0 radical (unpaired) electrons. The highest BCUT2D eigenvalue weighted by molar-refractivity contribution is 6.34. The van der Waals surface area contributed by atoms with Crippen LogP contribution in [0.2, 0.25) is 15.1 Å². The Hall–Kier alpha value is -2.35. The first kappa shape index (κ1) is 28.7. The molecular weight excluding hydrogens is 543 g/mol. The maximum absolute atomic E-state index is 13.5. The van der Waals surface area contributed by atoms with Gasteiger partial charge in [-0.3, -0.25) is 9.59 Å². The van der Waals surface area contributed by atoms with Crippen LogP contribution in [0.25, 0.3) is 10.8 Å². The van der Waals surface area contributed by atoms with E-state index in [0.29, 0.717) is 65.7 Å². The number of amides is 2. The lowest BCUT2D eigenvalue weighted by atomic mass is 10.1. The zero-order valence-electron chi connectivity index (χ0n) is 21.6. The first-order valence-corrected chi connectivity index (χ1v) is 14.0. The van der Waals surface area contributed by atoms with E-state index >= 15 is 0 Å². The fourth-order valence-electron chi connectivity index (χ4n) is 4.72. The summed E-state index contributed by atoms with van der Waals surface area (Å²) in [6, 6.07) is 16.4. The fraction of sp³-hybridized carbons (Fsp3) is 0.379. The zero-order valence-corrected chi connectivity index (χ0v) is 23.8. The lowest BCUT2D eigenvalue weighted by Crippen LogP contribution is -2.49. The van der Waals surface area contributed by atoms with Crippen molar-refractivity contribution >= 4 is 57.4 Å². The summed E-state index contributed by atoms with van der Waals surface area (Å²) < 4.78 is 0. The van der Waals surface area contributed by atoms with Crippen LogP contribution < -0.4 is 16.0 Å². The maximum Gasteiger partial charge on any atom is 0.251 e. The van der Waals surface area contributed by atoms with Crippen LogP contribution in [0, 0.1) is 0 Å². The molecule has 0 bridgehead atoms. The molecule has 3 aromatic carbocycles. The number of rotatable bonds is 9. The van der Waals surface area contributed by atoms with Crippen molar-refractivity contribution in [3.8, 4) is 0 Å². The molecule has 2 amide bonds. The predicted molar refractivity (Wildman–Crippen MR) is 156 cm³/mol. The molecule has 0 unspecified atom stereocenters. The molecule has 1 fully saturated rings. The van der Waals surface area contributed by atoms with Crippen LogP contribution in [0.3, 0.4) is 0 Å². The normalized spacial score (nSPS) is 18.2. The van der Waals surface area contributed by atoms with E-state index in [1.165, 1.54) is 0 Å². The summed E-state index contributed by atoms with van der Waals surface area (Å²) in [7, 11) is 0. The Bertz CT molecular complexity index is 1280. The number of hydrogen-bond donors (Lipinski definition) is 3. The molecule has 6 nitrogen and oxygen atoms in total. The van der Waals surface area contributed by atoms with Crippen molar-refractivity contribution < 1.29 is 9.59 Å². The van der Waals surface area contributed by atoms with Crippen molar-refractivity contribution in [2.75, 3.05) is 19.6 Å². The van der Waals surface area contributed by atoms with Gasteiger partial charge in [0.25, 0.3) is 5.91 Å². The second-order valence-electron chi connectivity index (χ2n) is 10.1. The average Bonchev–Trinajstić information content (AvgIpc) is 3.00. The van der Waals surface area contributed by atoms with E-state index in [1.807, 2.05) is 47.4 Å². The lowest BCUT2D eigenvalue weighted by Gasteiger charge is -2.25. The highest BCUT2D eigenvalue weighted by Gasteiger charge is 2.31. The second kappa shape index (κ2) is 13.1. The quantitative estimate of drug-likeness (QED) is 0.307. The molecule has 202 valence electrons. The van der Waals surface area contributed by atoms with Crippen LogP contribution in [-0.4, -0.2) is 54.5 Å². The molecule has 9 heteroatoms. The molecule has 1 saturated heterocycles. The van der Waals surface area contributed by atoms with Crippen molar-refractivity contribution in [1.82, 2.24) is 20.9 Å². The highest BCUT2D eigenvalue weighted by Crippen LogP contribution is 2.22. The van der Waals surface area contributed by atoms with Gasteiger partial charge in [-0.05, 0) is 78.2 Å². The zero-order chi connectivity index (χ0) is 27.2. The van der Waals surface area contributed by atoms with Crippen molar-refractivity contribution in [2.24, 2.45) is 0 Å². The predicted octanol–water partition coefficient (Wildman–Crippen LogP) is 5.68. The second-order valence-corrected chi connectivity index (χ2v) is 11.4. The van der Waals surface area contributed by atoms with E-state index in [2.05, 4.69) is 29.8 Å². The van der Waals surface area contributed by atoms with Crippen molar-refractivity contribution in [3.05, 3.63) is 80.8 Å². The minimum absolute atomic E-state index is 0.0358. The summed E-state index contributed by atoms with van der Waals surface area (Å²) >= 11 is 18.5. The van der Waals surface area contributed by atoms with Gasteiger partial charge in [-0.2, -0.15) is 0 Å². The molecule has 1 heterocycles. The molecule has 1 aliphatic rings. The largest absolute Gasteiger partial charge is 0.350 e. The van der Waals surface area contributed by atoms with Crippen LogP contribution in [0.5, 0.6) is 0 Å². The SMILES string of the molecule is CC(C)NCC[C@@H]1N[C@H](CNC(=O)c2ccc3cc(Cl)ccc3c2)CCN(Cc2cc(Cl)cc(Cl)c2)C1=O. The minimum Gasteiger partial charge on any atom is -0.350 e. The number of carbonyl (C=O) groups is 2. The Morgan fingerprint density at radius 1 is 1.00 bits per heavy atom. The number of nitrogens with zero attached hydrogens (tertiary/aromatic N) is 1. The number of carbonyl (C=O) groups excluding carboxylic acids is 2. The summed E-state index contributed by atoms with van der Waals surface area (Å²) in [5.74, 6) is -0.114. The monoisotopic (exact) mass is 574 g/mol. The Balaban J connectivity index is 1.43. The number of halogens is 3. The topological polar surface area (TPSA) is 73.5 Å². The molecule has 4 rings (SSSR count). The van der Waals surface area contributed by atoms with Crippen molar-refractivity contribution in [1.29, 1.82) is 0 Å². The first-order valence-electron chi connectivity index (χ1n) is 12.9. The Morgan fingerprint density at radius 2 is 1.71 bits per heavy atom. The highest BCUT2D eigenvalue weighted by atomic mass is 35.5. The van der Waals surface area contributed by atoms with Gasteiger partial charge in [-0.25, -0.2) is 0 Å². The van der Waals surface area contributed by atoms with E-state index in [-0.39, 0.29) is 23.9 Å². The Kier molecular flexibility index (Phi) is 9.91. The van der Waals surface area contributed by atoms with E-state index in [4.69, 9.17) is 34.8 Å². The molecule has 0 aromatic heterocycles. The number of hydrogen-bond acceptors (Lipinski definition) is 4. The number of nitrogens with one attached hydrogen (secondary N) is 3. The van der Waals surface area contributed by atoms with Gasteiger partial charge >= 0.3 is 0 Å². The molecule has 1 aliphatic heterocycles. The molecule has 0 saturated carbocycles. The third-order valence-corrected chi connectivity index (χ3v) is 7.32. The Morgan fingerprint density at radius 3 is 2.45 bits per heavy atom. The molecule has 3 aromatic rings. The summed E-state index contributed by atoms with van der Waals surface area (Å²) in [5.41, 5.74) is 1.47. The molecule has 3 N–H and O–H groups in total. The van der Waals surface area contributed by atoms with E-state index in [9.17, 15) is 9.59 Å². The van der Waals surface area contributed by atoms with Crippen LogP contribution in [-0.2, 0) is 11.3 Å². The smallest absolute Gasteiger partial charge is 0.251 e. The average molecular weight is 576 g/mol. The van der Waals surface area contributed by atoms with Gasteiger partial charge in [0.2, 0.25) is 5.91 Å². The summed E-state index contributed by atoms with van der Waals surface area (Å²) in [6.45, 7) is 6.26. The van der Waals surface area contributed by atoms with Gasteiger partial charge in [0.05, 0.1) is 6.04 Å². The molecule has 0 aliphatic carbocycles. The van der Waals surface area contributed by atoms with Gasteiger partial charge in [-0.15, -0.1) is 0 Å². The first-order chi connectivity index (χ1) is 18.2. The van der Waals surface area contributed by atoms with Gasteiger partial charge in [0.1, 0.15) is 0 Å². The van der Waals surface area contributed by atoms with E-state index in [1.54, 1.807) is 12.1 Å². The fourth-order valence-corrected chi connectivity index (χ4v) is 5.47. The number of fused-ring (bicyclic) bond motifs is 1. The standard InChI is InChI=1S/C29H33Cl3N4O2/c1-18(2)33-9-7-27-29(38)36(17-19-11-24(31)15-25(32)12-19)10-8-26(35-27)16-34-28(37)22-4-3-21-14-23(30)6-5-20(21)13-22/h3-6,11-15,18,26-27,33,35H,7-10,16-17H2,1-2H3,(H,34,37)/t26-,27-/m0/s1. The minimum atomic E-state index is -0.370. The Labute approximate surface area is 239 Å². The van der Waals surface area contributed by atoms with Crippen molar-refractivity contribution in [3.63, 3.8) is 0 Å². The van der Waals surface area contributed by atoms with Gasteiger partial charge < -0.3 is 20.9 Å². The summed E-state index contributed by atoms with van der Waals surface area (Å²) in [6.07, 6.45) is 1.34. The van der Waals surface area contributed by atoms with Gasteiger partial charge in [0.15, 0.2) is 0 Å². The van der Waals surface area contributed by atoms with Crippen LogP contribution in [0.4, 0.5) is 0 Å². The number of benzene rings is 3. The third kappa shape index (κ3) is 7.84. The van der Waals surface area contributed by atoms with Crippen LogP contribution in [0.1, 0.15) is 42.6 Å². The summed E-state index contributed by atoms with van der Waals surface area (Å²) in [4.78, 5) is 28.3. The molecule has 0 spiro atoms. The van der Waals surface area contributed by atoms with Gasteiger partial charge in [0, 0.05) is 52.3 Å². The lowest BCUT2D eigenvalue weighted by molar-refractivity contribution is -0.133. The molecular formula is C29H33Cl3N4O2. The molecule has 2 atom stereocenters. The van der Waals surface area contributed by atoms with E-state index in [0.717, 1.165) is 16.3 Å². The third-order valence-electron chi connectivity index (χ3n) is 6.65. The van der Waals surface area contributed by atoms with Crippen LogP contribution in [0.15, 0.2) is 54.6 Å². The molecule has 38 heavy (non-hydrogen) atoms. The maximum atomic E-state index is 13.5. The van der Waals surface area contributed by atoms with Crippen molar-refractivity contribution in [2.45, 2.75) is 51.4 Å². The van der Waals surface area contributed by atoms with E-state index < -0.39 is 0 Å². The summed E-state index contributed by atoms with van der Waals surface area (Å²) in [5, 5.41) is 13.6. The van der Waals surface area contributed by atoms with Crippen LogP contribution >= 0.6 is 34.8 Å². The van der Waals surface area contributed by atoms with Gasteiger partial charge in [-0.1, -0.05) is 60.8 Å².